The number of benzene rings is 2. The Hall–Kier alpha value is -1.74. The fourth-order valence-corrected chi connectivity index (χ4v) is 9.31. The fourth-order valence-electron chi connectivity index (χ4n) is 4.24. The van der Waals surface area contributed by atoms with Crippen molar-refractivity contribution < 1.29 is 22.1 Å². The molecule has 0 radical (unpaired) electrons. The monoisotopic (exact) mass is 845 g/mol. The Kier molecular flexibility index (Phi) is 14.5. The lowest BCUT2D eigenvalue weighted by Crippen LogP contribution is -2.47. The van der Waals surface area contributed by atoms with Crippen LogP contribution in [0.3, 0.4) is 0 Å². The van der Waals surface area contributed by atoms with E-state index in [9.17, 15) is 0 Å². The second-order valence-corrected chi connectivity index (χ2v) is 47.2. The molecule has 314 valence electrons. The summed E-state index contributed by atoms with van der Waals surface area (Å²) >= 11 is 0. The molecule has 0 saturated heterocycles. The zero-order valence-corrected chi connectivity index (χ0v) is 45.3. The van der Waals surface area contributed by atoms with Crippen LogP contribution in [0.25, 0.3) is 6.08 Å². The standard InChI is InChI=1S/C45H84O5Si5/c1-41(2,3)51(16,17)46-36-30-29-34(31-37(36)47-52(18,19)42(4,5)6)27-26-28-35-32-38(48-53(20,21)43(7,8)9)40(50-55(24,25)45(13,14)15)39(33-35)49-54(22,23)44(10,11)12/h26,28-33H,27H2,1-25H3/b28-26+. The lowest BCUT2D eigenvalue weighted by atomic mass is 10.1. The Labute approximate surface area is 345 Å². The van der Waals surface area contributed by atoms with Crippen molar-refractivity contribution in [3.63, 3.8) is 0 Å². The SMILES string of the molecule is CC(C)(C)[Si](C)(C)Oc1ccc(C/C=C/c2cc(O[Si](C)(C)C(C)(C)C)c(O[Si](C)(C)C(C)(C)C)c(O[Si](C)(C)C(C)(C)C)c2)cc1O[Si](C)(C)C(C)(C)C. The van der Waals surface area contributed by atoms with E-state index in [0.29, 0.717) is 0 Å². The molecule has 0 unspecified atom stereocenters. The molecule has 2 aromatic carbocycles. The van der Waals surface area contributed by atoms with Crippen molar-refractivity contribution in [2.45, 2.75) is 201 Å². The minimum absolute atomic E-state index is 0.00644. The number of allylic oxidation sites excluding steroid dienone is 1. The summed E-state index contributed by atoms with van der Waals surface area (Å²) in [4.78, 5) is 0. The van der Waals surface area contributed by atoms with Crippen LogP contribution >= 0.6 is 0 Å². The van der Waals surface area contributed by atoms with Crippen LogP contribution in [0.2, 0.25) is 90.7 Å². The summed E-state index contributed by atoms with van der Waals surface area (Å²) in [5.74, 6) is 4.09. The molecule has 0 spiro atoms. The average molecular weight is 846 g/mol. The van der Waals surface area contributed by atoms with Gasteiger partial charge in [0.25, 0.3) is 41.6 Å². The highest BCUT2D eigenvalue weighted by atomic mass is 28.4. The highest BCUT2D eigenvalue weighted by molar-refractivity contribution is 6.77. The van der Waals surface area contributed by atoms with E-state index in [-0.39, 0.29) is 25.2 Å². The first-order valence-corrected chi connectivity index (χ1v) is 35.1. The summed E-state index contributed by atoms with van der Waals surface area (Å²) in [6.45, 7) is 57.3. The predicted molar refractivity (Wildman–Crippen MR) is 255 cm³/mol. The maximum absolute atomic E-state index is 7.21. The van der Waals surface area contributed by atoms with Crippen molar-refractivity contribution in [2.75, 3.05) is 0 Å². The van der Waals surface area contributed by atoms with Crippen molar-refractivity contribution in [1.82, 2.24) is 0 Å². The zero-order valence-electron chi connectivity index (χ0n) is 40.3. The molecule has 0 aliphatic carbocycles. The van der Waals surface area contributed by atoms with E-state index in [2.05, 4.69) is 212 Å². The summed E-state index contributed by atoms with van der Waals surface area (Å²) < 4.78 is 35.5. The number of hydrogen-bond acceptors (Lipinski definition) is 5. The first kappa shape index (κ1) is 49.4. The quantitative estimate of drug-likeness (QED) is 0.188. The van der Waals surface area contributed by atoms with E-state index in [4.69, 9.17) is 22.1 Å². The normalized spacial score (nSPS) is 14.6. The smallest absolute Gasteiger partial charge is 0.250 e. The number of rotatable bonds is 13. The van der Waals surface area contributed by atoms with E-state index in [1.165, 1.54) is 5.56 Å². The van der Waals surface area contributed by atoms with Gasteiger partial charge >= 0.3 is 0 Å². The van der Waals surface area contributed by atoms with Crippen LogP contribution in [-0.4, -0.2) is 41.6 Å². The fraction of sp³-hybridized carbons (Fsp3) is 0.689. The second-order valence-electron chi connectivity index (χ2n) is 23.5. The Morgan fingerprint density at radius 3 is 1.05 bits per heavy atom. The zero-order chi connectivity index (χ0) is 43.2. The summed E-state index contributed by atoms with van der Waals surface area (Å²) in [5.41, 5.74) is 2.22. The molecule has 0 atom stereocenters. The van der Waals surface area contributed by atoms with Crippen LogP contribution < -0.4 is 22.1 Å². The van der Waals surface area contributed by atoms with Gasteiger partial charge in [0, 0.05) is 0 Å². The predicted octanol–water partition coefficient (Wildman–Crippen LogP) is 15.9. The number of hydrogen-bond donors (Lipinski definition) is 0. The Balaban J connectivity index is 2.80. The van der Waals surface area contributed by atoms with E-state index < -0.39 is 41.6 Å². The van der Waals surface area contributed by atoms with Crippen molar-refractivity contribution in [2.24, 2.45) is 0 Å². The Bertz CT molecular complexity index is 1610. The highest BCUT2D eigenvalue weighted by Gasteiger charge is 2.46. The van der Waals surface area contributed by atoms with Gasteiger partial charge in [0.1, 0.15) is 23.0 Å². The highest BCUT2D eigenvalue weighted by Crippen LogP contribution is 2.50. The molecule has 0 heterocycles. The van der Waals surface area contributed by atoms with Gasteiger partial charge < -0.3 is 22.1 Å². The molecule has 0 aromatic heterocycles. The lowest BCUT2D eigenvalue weighted by molar-refractivity contribution is 0.412. The topological polar surface area (TPSA) is 46.2 Å². The molecule has 0 aliphatic rings. The van der Waals surface area contributed by atoms with Crippen LogP contribution in [0.5, 0.6) is 28.7 Å². The summed E-state index contributed by atoms with van der Waals surface area (Å²) in [7, 11) is -11.0. The summed E-state index contributed by atoms with van der Waals surface area (Å²) in [6, 6.07) is 10.9. The van der Waals surface area contributed by atoms with Crippen LogP contribution in [0.15, 0.2) is 36.4 Å². The van der Waals surface area contributed by atoms with Crippen LogP contribution in [0, 0.1) is 0 Å². The van der Waals surface area contributed by atoms with E-state index in [1.54, 1.807) is 0 Å². The third kappa shape index (κ3) is 12.4. The minimum atomic E-state index is -2.27. The molecule has 55 heavy (non-hydrogen) atoms. The van der Waals surface area contributed by atoms with Crippen molar-refractivity contribution >= 4 is 47.7 Å². The van der Waals surface area contributed by atoms with Gasteiger partial charge in [-0.25, -0.2) is 0 Å². The molecular weight excluding hydrogens is 761 g/mol. The molecular formula is C45H84O5Si5. The van der Waals surface area contributed by atoms with E-state index in [1.807, 2.05) is 0 Å². The molecule has 5 nitrogen and oxygen atoms in total. The molecule has 0 N–H and O–H groups in total. The van der Waals surface area contributed by atoms with Gasteiger partial charge in [0.05, 0.1) is 0 Å². The summed E-state index contributed by atoms with van der Waals surface area (Å²) in [6.07, 6.45) is 5.20. The molecule has 0 amide bonds. The Morgan fingerprint density at radius 2 is 0.709 bits per heavy atom. The van der Waals surface area contributed by atoms with Crippen molar-refractivity contribution in [3.8, 4) is 28.7 Å². The molecule has 0 bridgehead atoms. The van der Waals surface area contributed by atoms with Crippen LogP contribution in [-0.2, 0) is 6.42 Å². The van der Waals surface area contributed by atoms with Gasteiger partial charge in [-0.05, 0) is 132 Å². The maximum atomic E-state index is 7.21. The first-order chi connectivity index (χ1) is 24.1. The van der Waals surface area contributed by atoms with Gasteiger partial charge in [-0.1, -0.05) is 122 Å². The molecule has 2 aromatic rings. The van der Waals surface area contributed by atoms with Crippen molar-refractivity contribution in [1.29, 1.82) is 0 Å². The molecule has 10 heteroatoms. The van der Waals surface area contributed by atoms with Gasteiger partial charge in [-0.15, -0.1) is 0 Å². The molecule has 0 saturated carbocycles. The van der Waals surface area contributed by atoms with Crippen LogP contribution in [0.1, 0.15) is 115 Å². The minimum Gasteiger partial charge on any atom is -0.541 e. The van der Waals surface area contributed by atoms with Gasteiger partial charge in [-0.2, -0.15) is 0 Å². The van der Waals surface area contributed by atoms with Gasteiger partial charge in [-0.3, -0.25) is 0 Å². The Morgan fingerprint density at radius 1 is 0.400 bits per heavy atom. The lowest BCUT2D eigenvalue weighted by Gasteiger charge is -2.42. The third-order valence-electron chi connectivity index (χ3n) is 13.6. The average Bonchev–Trinajstić information content (AvgIpc) is 2.92. The molecule has 0 fully saturated rings. The van der Waals surface area contributed by atoms with E-state index in [0.717, 1.165) is 40.7 Å². The maximum Gasteiger partial charge on any atom is 0.250 e. The second kappa shape index (κ2) is 16.1. The van der Waals surface area contributed by atoms with Crippen molar-refractivity contribution in [3.05, 3.63) is 47.5 Å². The summed E-state index contributed by atoms with van der Waals surface area (Å²) in [5, 5.41) is 0.170. The van der Waals surface area contributed by atoms with E-state index >= 15 is 0 Å². The first-order valence-electron chi connectivity index (χ1n) is 20.6. The third-order valence-corrected chi connectivity index (χ3v) is 35.3. The largest absolute Gasteiger partial charge is 0.541 e. The van der Waals surface area contributed by atoms with Gasteiger partial charge in [0.15, 0.2) is 5.75 Å². The van der Waals surface area contributed by atoms with Crippen LogP contribution in [0.4, 0.5) is 0 Å². The van der Waals surface area contributed by atoms with Gasteiger partial charge in [0.2, 0.25) is 0 Å². The molecule has 0 aliphatic heterocycles. The molecule has 2 rings (SSSR count).